The van der Waals surface area contributed by atoms with Crippen molar-refractivity contribution in [2.24, 2.45) is 0 Å². The van der Waals surface area contributed by atoms with Crippen LogP contribution in [0.3, 0.4) is 0 Å². The van der Waals surface area contributed by atoms with E-state index in [2.05, 4.69) is 36.6 Å². The van der Waals surface area contributed by atoms with Crippen molar-refractivity contribution in [1.82, 2.24) is 9.55 Å². The molecular formula is C28H29N3O2. The predicted octanol–water partition coefficient (Wildman–Crippen LogP) is 5.64. The molecule has 3 aromatic carbocycles. The van der Waals surface area contributed by atoms with Gasteiger partial charge in [-0.1, -0.05) is 42.5 Å². The topological polar surface area (TPSA) is 47.4 Å². The molecule has 1 amide bonds. The smallest absolute Gasteiger partial charge is 0.227 e. The Bertz CT molecular complexity index is 1280. The normalized spacial score (nSPS) is 16.0. The molecule has 5 rings (SSSR count). The molecule has 0 radical (unpaired) electrons. The molecule has 4 aromatic rings. The molecule has 0 spiro atoms. The fourth-order valence-electron chi connectivity index (χ4n) is 4.71. The van der Waals surface area contributed by atoms with E-state index in [0.29, 0.717) is 19.6 Å². The van der Waals surface area contributed by atoms with Gasteiger partial charge in [0.25, 0.3) is 0 Å². The second-order valence-electron chi connectivity index (χ2n) is 8.75. The Balaban J connectivity index is 1.37. The molecule has 1 aliphatic rings. The van der Waals surface area contributed by atoms with Crippen molar-refractivity contribution in [3.05, 3.63) is 89.7 Å². The molecule has 1 aliphatic heterocycles. The summed E-state index contributed by atoms with van der Waals surface area (Å²) in [5.74, 6) is 2.12. The minimum atomic E-state index is 0.0693. The fraction of sp³-hybridized carbons (Fsp3) is 0.286. The van der Waals surface area contributed by atoms with Crippen molar-refractivity contribution < 1.29 is 9.53 Å². The van der Waals surface area contributed by atoms with Crippen LogP contribution in [0.4, 0.5) is 5.69 Å². The monoisotopic (exact) mass is 439 g/mol. The standard InChI is InChI=1S/C28H29N3O2/c1-20-10-8-15-25(21(20)2)31-19-22(18-27(31)32)28-29-24-13-6-7-14-26(24)30(28)16-9-17-33-23-11-4-3-5-12-23/h3-8,10-15,22H,9,16-19H2,1-2H3/t22-/m1/s1. The van der Waals surface area contributed by atoms with Crippen LogP contribution in [-0.4, -0.2) is 28.6 Å². The number of nitrogens with zero attached hydrogens (tertiary/aromatic N) is 3. The van der Waals surface area contributed by atoms with Gasteiger partial charge < -0.3 is 14.2 Å². The van der Waals surface area contributed by atoms with Crippen LogP contribution >= 0.6 is 0 Å². The number of benzene rings is 3. The summed E-state index contributed by atoms with van der Waals surface area (Å²) in [6.07, 6.45) is 1.35. The first-order chi connectivity index (χ1) is 16.1. The average molecular weight is 440 g/mol. The predicted molar refractivity (Wildman–Crippen MR) is 132 cm³/mol. The van der Waals surface area contributed by atoms with Gasteiger partial charge >= 0.3 is 0 Å². The van der Waals surface area contributed by atoms with E-state index in [-0.39, 0.29) is 11.8 Å². The zero-order valence-corrected chi connectivity index (χ0v) is 19.2. The maximum Gasteiger partial charge on any atom is 0.227 e. The highest BCUT2D eigenvalue weighted by Gasteiger charge is 2.35. The largest absolute Gasteiger partial charge is 0.494 e. The van der Waals surface area contributed by atoms with Gasteiger partial charge in [-0.2, -0.15) is 0 Å². The molecule has 0 unspecified atom stereocenters. The number of hydrogen-bond acceptors (Lipinski definition) is 3. The van der Waals surface area contributed by atoms with Crippen LogP contribution in [0.25, 0.3) is 11.0 Å². The number of carbonyl (C=O) groups excluding carboxylic acids is 1. The third-order valence-electron chi connectivity index (χ3n) is 6.58. The molecule has 1 atom stereocenters. The van der Waals surface area contributed by atoms with Gasteiger partial charge in [0, 0.05) is 31.1 Å². The maximum absolute atomic E-state index is 13.0. The van der Waals surface area contributed by atoms with Crippen LogP contribution in [-0.2, 0) is 11.3 Å². The van der Waals surface area contributed by atoms with Gasteiger partial charge in [0.1, 0.15) is 11.6 Å². The van der Waals surface area contributed by atoms with E-state index in [9.17, 15) is 4.79 Å². The molecule has 0 aliphatic carbocycles. The lowest BCUT2D eigenvalue weighted by molar-refractivity contribution is -0.117. The zero-order chi connectivity index (χ0) is 22.8. The molecular weight excluding hydrogens is 410 g/mol. The van der Waals surface area contributed by atoms with E-state index in [0.717, 1.165) is 46.8 Å². The Morgan fingerprint density at radius 3 is 2.61 bits per heavy atom. The SMILES string of the molecule is Cc1cccc(N2C[C@H](c3nc4ccccc4n3CCCOc3ccccc3)CC2=O)c1C. The Hall–Kier alpha value is -3.60. The first kappa shape index (κ1) is 21.3. The van der Waals surface area contributed by atoms with Crippen LogP contribution in [0.15, 0.2) is 72.8 Å². The zero-order valence-electron chi connectivity index (χ0n) is 19.2. The summed E-state index contributed by atoms with van der Waals surface area (Å²) in [6.45, 7) is 6.28. The highest BCUT2D eigenvalue weighted by Crippen LogP contribution is 2.35. The van der Waals surface area contributed by atoms with E-state index < -0.39 is 0 Å². The quantitative estimate of drug-likeness (QED) is 0.350. The van der Waals surface area contributed by atoms with Gasteiger partial charge in [0.2, 0.25) is 5.91 Å². The molecule has 33 heavy (non-hydrogen) atoms. The molecule has 168 valence electrons. The van der Waals surface area contributed by atoms with Gasteiger partial charge in [-0.05, 0) is 61.7 Å². The minimum Gasteiger partial charge on any atom is -0.494 e. The van der Waals surface area contributed by atoms with Crippen molar-refractivity contribution >= 4 is 22.6 Å². The number of amides is 1. The number of ether oxygens (including phenoxy) is 1. The minimum absolute atomic E-state index is 0.0693. The lowest BCUT2D eigenvalue weighted by Gasteiger charge is -2.20. The van der Waals surface area contributed by atoms with Crippen LogP contribution in [0, 0.1) is 13.8 Å². The molecule has 1 fully saturated rings. The third-order valence-corrected chi connectivity index (χ3v) is 6.58. The number of carbonyl (C=O) groups is 1. The molecule has 0 N–H and O–H groups in total. The van der Waals surface area contributed by atoms with E-state index in [4.69, 9.17) is 9.72 Å². The summed E-state index contributed by atoms with van der Waals surface area (Å²) in [7, 11) is 0. The average Bonchev–Trinajstić information content (AvgIpc) is 3.40. The van der Waals surface area contributed by atoms with E-state index in [1.807, 2.05) is 59.5 Å². The van der Waals surface area contributed by atoms with E-state index >= 15 is 0 Å². The summed E-state index contributed by atoms with van der Waals surface area (Å²) in [6, 6.07) is 24.3. The second kappa shape index (κ2) is 9.10. The number of aromatic nitrogens is 2. The molecule has 0 bridgehead atoms. The molecule has 2 heterocycles. The van der Waals surface area contributed by atoms with E-state index in [1.54, 1.807) is 0 Å². The van der Waals surface area contributed by atoms with Crippen molar-refractivity contribution in [2.45, 2.75) is 39.2 Å². The lowest BCUT2D eigenvalue weighted by atomic mass is 10.1. The number of anilines is 1. The molecule has 0 saturated carbocycles. The summed E-state index contributed by atoms with van der Waals surface area (Å²) in [5.41, 5.74) is 5.48. The van der Waals surface area contributed by atoms with Crippen LogP contribution in [0.1, 0.15) is 35.7 Å². The maximum atomic E-state index is 13.0. The fourth-order valence-corrected chi connectivity index (χ4v) is 4.71. The highest BCUT2D eigenvalue weighted by molar-refractivity contribution is 5.97. The van der Waals surface area contributed by atoms with Crippen molar-refractivity contribution in [3.63, 3.8) is 0 Å². The Morgan fingerprint density at radius 2 is 1.76 bits per heavy atom. The number of hydrogen-bond donors (Lipinski definition) is 0. The number of aryl methyl sites for hydroxylation is 2. The van der Waals surface area contributed by atoms with Crippen LogP contribution in [0.2, 0.25) is 0 Å². The van der Waals surface area contributed by atoms with Gasteiger partial charge in [-0.3, -0.25) is 4.79 Å². The molecule has 5 heteroatoms. The number of fused-ring (bicyclic) bond motifs is 1. The van der Waals surface area contributed by atoms with Crippen molar-refractivity contribution in [2.75, 3.05) is 18.1 Å². The molecule has 5 nitrogen and oxygen atoms in total. The Kier molecular flexibility index (Phi) is 5.86. The summed E-state index contributed by atoms with van der Waals surface area (Å²) in [5, 5.41) is 0. The lowest BCUT2D eigenvalue weighted by Crippen LogP contribution is -2.25. The highest BCUT2D eigenvalue weighted by atomic mass is 16.5. The number of imidazole rings is 1. The van der Waals surface area contributed by atoms with E-state index in [1.165, 1.54) is 5.56 Å². The van der Waals surface area contributed by atoms with Crippen LogP contribution < -0.4 is 9.64 Å². The molecule has 1 saturated heterocycles. The van der Waals surface area contributed by atoms with Gasteiger partial charge in [0.15, 0.2) is 0 Å². The third kappa shape index (κ3) is 4.23. The molecule has 1 aromatic heterocycles. The Morgan fingerprint density at radius 1 is 0.970 bits per heavy atom. The van der Waals surface area contributed by atoms with Crippen molar-refractivity contribution in [3.8, 4) is 5.75 Å². The Labute approximate surface area is 194 Å². The summed E-state index contributed by atoms with van der Waals surface area (Å²) in [4.78, 5) is 20.0. The second-order valence-corrected chi connectivity index (χ2v) is 8.75. The summed E-state index contributed by atoms with van der Waals surface area (Å²) >= 11 is 0. The van der Waals surface area contributed by atoms with Gasteiger partial charge in [-0.25, -0.2) is 4.98 Å². The number of rotatable bonds is 7. The first-order valence-electron chi connectivity index (χ1n) is 11.6. The number of para-hydroxylation sites is 3. The van der Waals surface area contributed by atoms with Gasteiger partial charge in [-0.15, -0.1) is 0 Å². The van der Waals surface area contributed by atoms with Gasteiger partial charge in [0.05, 0.1) is 17.6 Å². The first-order valence-corrected chi connectivity index (χ1v) is 11.6. The van der Waals surface area contributed by atoms with Crippen molar-refractivity contribution in [1.29, 1.82) is 0 Å². The van der Waals surface area contributed by atoms with Crippen LogP contribution in [0.5, 0.6) is 5.75 Å². The summed E-state index contributed by atoms with van der Waals surface area (Å²) < 4.78 is 8.19.